The molecule has 0 saturated heterocycles. The molecule has 84 valence electrons. The van der Waals surface area contributed by atoms with E-state index in [1.54, 1.807) is 25.8 Å². The van der Waals surface area contributed by atoms with Gasteiger partial charge in [-0.05, 0) is 19.3 Å². The summed E-state index contributed by atoms with van der Waals surface area (Å²) in [5, 5.41) is 9.49. The zero-order valence-electron chi connectivity index (χ0n) is 10.2. The second-order valence-electron chi connectivity index (χ2n) is 5.80. The lowest BCUT2D eigenvalue weighted by Gasteiger charge is -2.28. The molecule has 1 N–H and O–H groups in total. The summed E-state index contributed by atoms with van der Waals surface area (Å²) in [5.74, 6) is -0.00701. The van der Waals surface area contributed by atoms with Crippen LogP contribution >= 0.6 is 0 Å². The molecule has 0 saturated carbocycles. The van der Waals surface area contributed by atoms with Crippen LogP contribution in [0.5, 0.6) is 0 Å². The van der Waals surface area contributed by atoms with Crippen molar-refractivity contribution in [3.8, 4) is 0 Å². The average Bonchev–Trinajstić information content (AvgIpc) is 1.78. The first-order chi connectivity index (χ1) is 6.01. The number of hydrogen-bond acceptors (Lipinski definition) is 2. The number of aliphatic hydroxyl groups is 1. The fourth-order valence-corrected chi connectivity index (χ4v) is 1.30. The lowest BCUT2D eigenvalue weighted by atomic mass is 9.95. The van der Waals surface area contributed by atoms with E-state index in [1.807, 2.05) is 0 Å². The fourth-order valence-electron chi connectivity index (χ4n) is 1.30. The monoisotopic (exact) mass is 201 g/mol. The molecule has 0 aliphatic carbocycles. The third kappa shape index (κ3) is 6.89. The summed E-state index contributed by atoms with van der Waals surface area (Å²) in [6.45, 7) is 10.3. The quantitative estimate of drug-likeness (QED) is 0.754. The zero-order chi connectivity index (χ0) is 11.6. The molecule has 0 aromatic carbocycles. The molecule has 3 nitrogen and oxygen atoms in total. The summed E-state index contributed by atoms with van der Waals surface area (Å²) in [6.07, 6.45) is 0.180. The maximum atomic E-state index is 11.6. The maximum absolute atomic E-state index is 11.6. The Hall–Kier alpha value is -0.570. The highest BCUT2D eigenvalue weighted by molar-refractivity contribution is 5.76. The van der Waals surface area contributed by atoms with Gasteiger partial charge in [-0.2, -0.15) is 0 Å². The van der Waals surface area contributed by atoms with Gasteiger partial charge in [0.15, 0.2) is 0 Å². The van der Waals surface area contributed by atoms with Crippen molar-refractivity contribution >= 4 is 5.91 Å². The highest BCUT2D eigenvalue weighted by atomic mass is 16.3. The molecule has 14 heavy (non-hydrogen) atoms. The Morgan fingerprint density at radius 1 is 1.21 bits per heavy atom. The van der Waals surface area contributed by atoms with Gasteiger partial charge in [-0.25, -0.2) is 0 Å². The molecular weight excluding hydrogens is 178 g/mol. The van der Waals surface area contributed by atoms with Crippen molar-refractivity contribution in [2.45, 2.75) is 46.6 Å². The SMILES string of the molecule is CN(CC(C)(C)C)C(=O)CC(C)(C)O. The number of nitrogens with zero attached hydrogens (tertiary/aromatic N) is 1. The molecule has 1 amide bonds. The first-order valence-corrected chi connectivity index (χ1v) is 4.98. The van der Waals surface area contributed by atoms with E-state index in [0.29, 0.717) is 6.54 Å². The van der Waals surface area contributed by atoms with Crippen molar-refractivity contribution in [2.24, 2.45) is 5.41 Å². The molecule has 0 spiro atoms. The lowest BCUT2D eigenvalue weighted by molar-refractivity contribution is -0.135. The largest absolute Gasteiger partial charge is 0.390 e. The predicted molar refractivity (Wildman–Crippen MR) is 58.0 cm³/mol. The van der Waals surface area contributed by atoms with Crippen LogP contribution in [-0.4, -0.2) is 35.1 Å². The van der Waals surface area contributed by atoms with Gasteiger partial charge in [0.2, 0.25) is 5.91 Å². The van der Waals surface area contributed by atoms with Crippen LogP contribution in [0.15, 0.2) is 0 Å². The fraction of sp³-hybridized carbons (Fsp3) is 0.909. The molecule has 0 aliphatic rings. The van der Waals surface area contributed by atoms with Crippen LogP contribution in [0.2, 0.25) is 0 Å². The second kappa shape index (κ2) is 4.30. The van der Waals surface area contributed by atoms with Crippen molar-refractivity contribution in [1.29, 1.82) is 0 Å². The summed E-state index contributed by atoms with van der Waals surface area (Å²) in [5.41, 5.74) is -0.812. The Labute approximate surface area is 87.1 Å². The Morgan fingerprint density at radius 2 is 1.64 bits per heavy atom. The highest BCUT2D eigenvalue weighted by Crippen LogP contribution is 2.16. The second-order valence-corrected chi connectivity index (χ2v) is 5.80. The molecule has 0 atom stereocenters. The highest BCUT2D eigenvalue weighted by Gasteiger charge is 2.23. The number of rotatable bonds is 3. The van der Waals surface area contributed by atoms with Gasteiger partial charge in [-0.3, -0.25) is 4.79 Å². The van der Waals surface area contributed by atoms with Gasteiger partial charge in [0.1, 0.15) is 0 Å². The molecule has 0 rings (SSSR count). The molecule has 0 aliphatic heterocycles. The normalized spacial score (nSPS) is 12.8. The molecule has 0 aromatic heterocycles. The average molecular weight is 201 g/mol. The van der Waals surface area contributed by atoms with Crippen LogP contribution in [0.25, 0.3) is 0 Å². The summed E-state index contributed by atoms with van der Waals surface area (Å²) in [4.78, 5) is 13.3. The van der Waals surface area contributed by atoms with Gasteiger partial charge in [-0.15, -0.1) is 0 Å². The number of hydrogen-bond donors (Lipinski definition) is 1. The van der Waals surface area contributed by atoms with E-state index in [0.717, 1.165) is 0 Å². The molecule has 3 heteroatoms. The van der Waals surface area contributed by atoms with Gasteiger partial charge in [0, 0.05) is 13.6 Å². The maximum Gasteiger partial charge on any atom is 0.225 e. The minimum absolute atomic E-state index is 0.00701. The lowest BCUT2D eigenvalue weighted by Crippen LogP contribution is -2.38. The Bertz CT molecular complexity index is 198. The van der Waals surface area contributed by atoms with Crippen molar-refractivity contribution in [1.82, 2.24) is 4.90 Å². The topological polar surface area (TPSA) is 40.5 Å². The Balaban J connectivity index is 4.15. The van der Waals surface area contributed by atoms with E-state index < -0.39 is 5.60 Å². The summed E-state index contributed by atoms with van der Waals surface area (Å²) >= 11 is 0. The third-order valence-electron chi connectivity index (χ3n) is 1.72. The van der Waals surface area contributed by atoms with E-state index >= 15 is 0 Å². The van der Waals surface area contributed by atoms with Crippen LogP contribution in [0.3, 0.4) is 0 Å². The minimum atomic E-state index is -0.913. The molecule has 0 radical (unpaired) electrons. The van der Waals surface area contributed by atoms with Gasteiger partial charge in [-0.1, -0.05) is 20.8 Å². The van der Waals surface area contributed by atoms with E-state index in [-0.39, 0.29) is 17.7 Å². The number of amides is 1. The predicted octanol–water partition coefficient (Wildman–Crippen LogP) is 1.65. The first kappa shape index (κ1) is 13.4. The summed E-state index contributed by atoms with van der Waals surface area (Å²) in [6, 6.07) is 0. The minimum Gasteiger partial charge on any atom is -0.390 e. The smallest absolute Gasteiger partial charge is 0.225 e. The Morgan fingerprint density at radius 3 is 1.93 bits per heavy atom. The van der Waals surface area contributed by atoms with Gasteiger partial charge in [0.25, 0.3) is 0 Å². The van der Waals surface area contributed by atoms with Crippen molar-refractivity contribution in [3.05, 3.63) is 0 Å². The molecule has 0 fully saturated rings. The van der Waals surface area contributed by atoms with Gasteiger partial charge >= 0.3 is 0 Å². The van der Waals surface area contributed by atoms with E-state index in [1.165, 1.54) is 0 Å². The molecular formula is C11H23NO2. The zero-order valence-corrected chi connectivity index (χ0v) is 10.2. The van der Waals surface area contributed by atoms with Crippen LogP contribution in [0.1, 0.15) is 41.0 Å². The van der Waals surface area contributed by atoms with E-state index in [2.05, 4.69) is 20.8 Å². The van der Waals surface area contributed by atoms with Crippen molar-refractivity contribution in [3.63, 3.8) is 0 Å². The van der Waals surface area contributed by atoms with E-state index in [9.17, 15) is 9.90 Å². The molecule has 0 aromatic rings. The van der Waals surface area contributed by atoms with E-state index in [4.69, 9.17) is 0 Å². The molecule has 0 heterocycles. The standard InChI is InChI=1S/C11H23NO2/c1-10(2,3)8-12(6)9(13)7-11(4,5)14/h14H,7-8H2,1-6H3. The summed E-state index contributed by atoms with van der Waals surface area (Å²) in [7, 11) is 1.78. The van der Waals surface area contributed by atoms with Crippen LogP contribution < -0.4 is 0 Å². The van der Waals surface area contributed by atoms with Gasteiger partial charge < -0.3 is 10.0 Å². The summed E-state index contributed by atoms with van der Waals surface area (Å²) < 4.78 is 0. The Kier molecular flexibility index (Phi) is 4.13. The first-order valence-electron chi connectivity index (χ1n) is 4.98. The third-order valence-corrected chi connectivity index (χ3v) is 1.72. The van der Waals surface area contributed by atoms with Crippen molar-refractivity contribution in [2.75, 3.05) is 13.6 Å². The van der Waals surface area contributed by atoms with Crippen LogP contribution in [0.4, 0.5) is 0 Å². The molecule has 0 bridgehead atoms. The van der Waals surface area contributed by atoms with Crippen LogP contribution in [-0.2, 0) is 4.79 Å². The van der Waals surface area contributed by atoms with Crippen molar-refractivity contribution < 1.29 is 9.90 Å². The molecule has 0 unspecified atom stereocenters. The number of carbonyl (C=O) groups excluding carboxylic acids is 1. The van der Waals surface area contributed by atoms with Crippen LogP contribution in [0, 0.1) is 5.41 Å². The van der Waals surface area contributed by atoms with Gasteiger partial charge in [0.05, 0.1) is 12.0 Å². The number of carbonyl (C=O) groups is 1.